The molecule has 0 bridgehead atoms. The molecular weight excluding hydrogens is 446 g/mol. The minimum atomic E-state index is -0.304. The fraction of sp³-hybridized carbons (Fsp3) is 0.214. The van der Waals surface area contributed by atoms with Gasteiger partial charge in [-0.05, 0) is 85.2 Å². The van der Waals surface area contributed by atoms with Crippen LogP contribution in [-0.4, -0.2) is 22.5 Å². The zero-order chi connectivity index (χ0) is 24.2. The Morgan fingerprint density at radius 1 is 0.912 bits per heavy atom. The van der Waals surface area contributed by atoms with E-state index < -0.39 is 0 Å². The van der Waals surface area contributed by atoms with E-state index in [1.807, 2.05) is 50.2 Å². The van der Waals surface area contributed by atoms with E-state index in [-0.39, 0.29) is 18.1 Å². The average Bonchev–Trinajstić information content (AvgIpc) is 2.80. The van der Waals surface area contributed by atoms with E-state index >= 15 is 0 Å². The molecule has 2 N–H and O–H groups in total. The predicted molar refractivity (Wildman–Crippen MR) is 140 cm³/mol. The molecule has 0 radical (unpaired) electrons. The number of hydrogen-bond donors (Lipinski definition) is 2. The molecule has 3 aromatic carbocycles. The van der Waals surface area contributed by atoms with E-state index in [1.165, 1.54) is 5.56 Å². The summed E-state index contributed by atoms with van der Waals surface area (Å²) < 4.78 is 0. The van der Waals surface area contributed by atoms with Crippen LogP contribution in [0.3, 0.4) is 0 Å². The Balaban J connectivity index is 1.64. The first-order valence-corrected chi connectivity index (χ1v) is 11.7. The van der Waals surface area contributed by atoms with Crippen LogP contribution in [0.4, 0.5) is 10.5 Å². The van der Waals surface area contributed by atoms with Crippen molar-refractivity contribution >= 4 is 34.2 Å². The van der Waals surface area contributed by atoms with Gasteiger partial charge in [0, 0.05) is 17.6 Å². The smallest absolute Gasteiger partial charge is 0.322 e. The summed E-state index contributed by atoms with van der Waals surface area (Å²) in [6, 6.07) is 20.8. The molecule has 0 saturated heterocycles. The van der Waals surface area contributed by atoms with E-state index in [2.05, 4.69) is 35.4 Å². The third kappa shape index (κ3) is 5.32. The first-order chi connectivity index (χ1) is 16.3. The van der Waals surface area contributed by atoms with Gasteiger partial charge in [-0.2, -0.15) is 0 Å². The van der Waals surface area contributed by atoms with Gasteiger partial charge in [0.1, 0.15) is 0 Å². The van der Waals surface area contributed by atoms with Gasteiger partial charge >= 0.3 is 6.03 Å². The maximum absolute atomic E-state index is 13.3. The number of halogens is 1. The van der Waals surface area contributed by atoms with Gasteiger partial charge in [-0.25, -0.2) is 4.79 Å². The van der Waals surface area contributed by atoms with Gasteiger partial charge in [-0.15, -0.1) is 0 Å². The Labute approximate surface area is 204 Å². The van der Waals surface area contributed by atoms with E-state index in [0.29, 0.717) is 29.2 Å². The SMILES string of the molecule is Cc1cc2cc(CN(CCc3ccccc3C)C(=O)Nc3ccccc3Cl)c(=O)[nH]c2cc1C. The number of nitrogens with one attached hydrogen (secondary N) is 2. The van der Waals surface area contributed by atoms with Crippen LogP contribution in [0.15, 0.2) is 71.5 Å². The first kappa shape index (κ1) is 23.6. The van der Waals surface area contributed by atoms with Crippen molar-refractivity contribution in [2.75, 3.05) is 11.9 Å². The number of rotatable bonds is 6. The standard InChI is InChI=1S/C28H28ClN3O2/c1-18-8-4-5-9-21(18)12-13-32(28(34)31-25-11-7-6-10-24(25)29)17-23-16-22-14-19(2)20(3)15-26(22)30-27(23)33/h4-11,14-16H,12-13,17H2,1-3H3,(H,30,33)(H,31,34). The summed E-state index contributed by atoms with van der Waals surface area (Å²) in [6.45, 7) is 6.76. The Kier molecular flexibility index (Phi) is 7.03. The summed E-state index contributed by atoms with van der Waals surface area (Å²) in [5.41, 5.74) is 6.28. The second-order valence-corrected chi connectivity index (χ2v) is 9.06. The summed E-state index contributed by atoms with van der Waals surface area (Å²) in [5.74, 6) is 0. The largest absolute Gasteiger partial charge is 0.322 e. The number of para-hydroxylation sites is 1. The number of H-pyrrole nitrogens is 1. The summed E-state index contributed by atoms with van der Waals surface area (Å²) >= 11 is 6.26. The number of hydrogen-bond acceptors (Lipinski definition) is 2. The van der Waals surface area contributed by atoms with Gasteiger partial charge in [-0.3, -0.25) is 4.79 Å². The topological polar surface area (TPSA) is 65.2 Å². The lowest BCUT2D eigenvalue weighted by Crippen LogP contribution is -2.37. The van der Waals surface area contributed by atoms with Crippen molar-refractivity contribution in [3.05, 3.63) is 110 Å². The highest BCUT2D eigenvalue weighted by molar-refractivity contribution is 6.33. The number of aromatic nitrogens is 1. The molecule has 4 rings (SSSR count). The van der Waals surface area contributed by atoms with Crippen molar-refractivity contribution in [3.63, 3.8) is 0 Å². The summed E-state index contributed by atoms with van der Waals surface area (Å²) in [5, 5.41) is 4.31. The monoisotopic (exact) mass is 473 g/mol. The summed E-state index contributed by atoms with van der Waals surface area (Å²) in [6.07, 6.45) is 0.673. The zero-order valence-corrected chi connectivity index (χ0v) is 20.4. The molecule has 6 heteroatoms. The highest BCUT2D eigenvalue weighted by Crippen LogP contribution is 2.22. The number of nitrogens with zero attached hydrogens (tertiary/aromatic N) is 1. The van der Waals surface area contributed by atoms with Crippen LogP contribution in [0.25, 0.3) is 10.9 Å². The Hall–Kier alpha value is -3.57. The number of anilines is 1. The van der Waals surface area contributed by atoms with Crippen molar-refractivity contribution in [1.82, 2.24) is 9.88 Å². The second kappa shape index (κ2) is 10.1. The first-order valence-electron chi connectivity index (χ1n) is 11.3. The molecule has 0 aliphatic heterocycles. The van der Waals surface area contributed by atoms with Crippen molar-refractivity contribution in [1.29, 1.82) is 0 Å². The fourth-order valence-corrected chi connectivity index (χ4v) is 4.18. The number of amides is 2. The normalized spacial score (nSPS) is 10.9. The van der Waals surface area contributed by atoms with Gasteiger partial charge in [0.05, 0.1) is 17.3 Å². The Bertz CT molecular complexity index is 1410. The van der Waals surface area contributed by atoms with E-state index in [4.69, 9.17) is 11.6 Å². The minimum Gasteiger partial charge on any atom is -0.322 e. The van der Waals surface area contributed by atoms with Crippen molar-refractivity contribution in [3.8, 4) is 0 Å². The second-order valence-electron chi connectivity index (χ2n) is 8.66. The lowest BCUT2D eigenvalue weighted by atomic mass is 10.0. The predicted octanol–water partition coefficient (Wildman–Crippen LogP) is 6.38. The third-order valence-corrected chi connectivity index (χ3v) is 6.54. The molecule has 0 fully saturated rings. The minimum absolute atomic E-state index is 0.181. The van der Waals surface area contributed by atoms with Gasteiger partial charge in [-0.1, -0.05) is 48.0 Å². The van der Waals surface area contributed by atoms with E-state index in [9.17, 15) is 9.59 Å². The Morgan fingerprint density at radius 3 is 2.38 bits per heavy atom. The molecule has 0 spiro atoms. The number of aromatic amines is 1. The summed E-state index contributed by atoms with van der Waals surface area (Å²) in [4.78, 5) is 30.8. The van der Waals surface area contributed by atoms with Gasteiger partial charge in [0.2, 0.25) is 0 Å². The van der Waals surface area contributed by atoms with Gasteiger partial charge in [0.25, 0.3) is 5.56 Å². The highest BCUT2D eigenvalue weighted by atomic mass is 35.5. The third-order valence-electron chi connectivity index (χ3n) is 6.21. The van der Waals surface area contributed by atoms with Crippen molar-refractivity contribution < 1.29 is 4.79 Å². The quantitative estimate of drug-likeness (QED) is 0.341. The Morgan fingerprint density at radius 2 is 1.62 bits per heavy atom. The maximum Gasteiger partial charge on any atom is 0.322 e. The molecule has 1 heterocycles. The molecule has 174 valence electrons. The molecule has 34 heavy (non-hydrogen) atoms. The lowest BCUT2D eigenvalue weighted by molar-refractivity contribution is 0.209. The molecule has 0 atom stereocenters. The van der Waals surface area contributed by atoms with Crippen LogP contribution in [-0.2, 0) is 13.0 Å². The van der Waals surface area contributed by atoms with E-state index in [1.54, 1.807) is 17.0 Å². The van der Waals surface area contributed by atoms with Gasteiger partial charge < -0.3 is 15.2 Å². The molecule has 0 aliphatic carbocycles. The highest BCUT2D eigenvalue weighted by Gasteiger charge is 2.18. The lowest BCUT2D eigenvalue weighted by Gasteiger charge is -2.24. The van der Waals surface area contributed by atoms with Crippen molar-refractivity contribution in [2.45, 2.75) is 33.7 Å². The molecule has 2 amide bonds. The number of carbonyl (C=O) groups excluding carboxylic acids is 1. The number of pyridine rings is 1. The van der Waals surface area contributed by atoms with Crippen LogP contribution < -0.4 is 10.9 Å². The number of carbonyl (C=O) groups is 1. The molecule has 5 nitrogen and oxygen atoms in total. The number of aryl methyl sites for hydroxylation is 3. The molecule has 0 saturated carbocycles. The van der Waals surface area contributed by atoms with Gasteiger partial charge in [0.15, 0.2) is 0 Å². The van der Waals surface area contributed by atoms with Crippen molar-refractivity contribution in [2.24, 2.45) is 0 Å². The maximum atomic E-state index is 13.3. The molecule has 4 aromatic rings. The summed E-state index contributed by atoms with van der Waals surface area (Å²) in [7, 11) is 0. The number of fused-ring (bicyclic) bond motifs is 1. The molecule has 1 aromatic heterocycles. The molecular formula is C28H28ClN3O2. The number of urea groups is 1. The zero-order valence-electron chi connectivity index (χ0n) is 19.6. The van der Waals surface area contributed by atoms with E-state index in [0.717, 1.165) is 27.6 Å². The average molecular weight is 474 g/mol. The van der Waals surface area contributed by atoms with Crippen LogP contribution >= 0.6 is 11.6 Å². The van der Waals surface area contributed by atoms with Crippen LogP contribution in [0.5, 0.6) is 0 Å². The van der Waals surface area contributed by atoms with Crippen LogP contribution in [0.2, 0.25) is 5.02 Å². The van der Waals surface area contributed by atoms with Crippen LogP contribution in [0, 0.1) is 20.8 Å². The van der Waals surface area contributed by atoms with Crippen LogP contribution in [0.1, 0.15) is 27.8 Å². The fourth-order valence-electron chi connectivity index (χ4n) is 4.00. The molecule has 0 aliphatic rings. The number of benzene rings is 3. The molecule has 0 unspecified atom stereocenters.